The average Bonchev–Trinajstić information content (AvgIpc) is 2.61. The van der Waals surface area contributed by atoms with Crippen LogP contribution in [0.1, 0.15) is 21.6 Å². The monoisotopic (exact) mass is 372 g/mol. The normalized spacial score (nSPS) is 10.4. The van der Waals surface area contributed by atoms with E-state index < -0.39 is 0 Å². The number of hydrogen-bond acceptors (Lipinski definition) is 3. The summed E-state index contributed by atoms with van der Waals surface area (Å²) in [6.45, 7) is 3.67. The van der Waals surface area contributed by atoms with Crippen molar-refractivity contribution in [2.75, 3.05) is 5.32 Å². The van der Waals surface area contributed by atoms with Gasteiger partial charge in [0.1, 0.15) is 0 Å². The van der Waals surface area contributed by atoms with Crippen LogP contribution in [0.3, 0.4) is 0 Å². The number of anilines is 1. The minimum atomic E-state index is -0.242. The van der Waals surface area contributed by atoms with Crippen LogP contribution in [0.4, 0.5) is 5.88 Å². The van der Waals surface area contributed by atoms with Crippen molar-refractivity contribution >= 4 is 43.7 Å². The number of nitrogens with one attached hydrogen (secondary N) is 1. The summed E-state index contributed by atoms with van der Waals surface area (Å²) in [4.78, 5) is 12.1. The van der Waals surface area contributed by atoms with E-state index in [0.29, 0.717) is 15.9 Å². The van der Waals surface area contributed by atoms with Gasteiger partial charge in [-0.1, -0.05) is 21.1 Å². The number of carbonyl (C=O) groups is 1. The zero-order valence-corrected chi connectivity index (χ0v) is 12.9. The van der Waals surface area contributed by atoms with Gasteiger partial charge in [0.25, 0.3) is 5.91 Å². The summed E-state index contributed by atoms with van der Waals surface area (Å²) < 4.78 is 6.66. The number of aryl methyl sites for hydroxylation is 1. The SMILES string of the molecule is Cc1noc(NC(=O)c2ccc(Br)cc2Br)c1C. The van der Waals surface area contributed by atoms with Crippen LogP contribution < -0.4 is 5.32 Å². The molecule has 0 aliphatic rings. The highest BCUT2D eigenvalue weighted by atomic mass is 79.9. The Bertz CT molecular complexity index is 608. The summed E-state index contributed by atoms with van der Waals surface area (Å²) in [5, 5.41) is 6.48. The summed E-state index contributed by atoms with van der Waals surface area (Å²) in [6, 6.07) is 5.34. The third kappa shape index (κ3) is 2.64. The molecule has 0 saturated carbocycles. The Morgan fingerprint density at radius 2 is 2.06 bits per heavy atom. The number of amides is 1. The van der Waals surface area contributed by atoms with Crippen molar-refractivity contribution in [3.63, 3.8) is 0 Å². The molecule has 18 heavy (non-hydrogen) atoms. The molecule has 2 aromatic rings. The molecule has 0 aliphatic heterocycles. The van der Waals surface area contributed by atoms with E-state index in [1.807, 2.05) is 19.9 Å². The molecule has 0 atom stereocenters. The molecular weight excluding hydrogens is 364 g/mol. The topological polar surface area (TPSA) is 55.1 Å². The molecule has 0 spiro atoms. The van der Waals surface area contributed by atoms with E-state index in [9.17, 15) is 4.79 Å². The molecule has 1 aromatic carbocycles. The van der Waals surface area contributed by atoms with Crippen molar-refractivity contribution in [1.82, 2.24) is 5.16 Å². The fourth-order valence-corrected chi connectivity index (χ4v) is 2.60. The quantitative estimate of drug-likeness (QED) is 0.863. The van der Waals surface area contributed by atoms with Crippen LogP contribution in [-0.4, -0.2) is 11.1 Å². The zero-order valence-electron chi connectivity index (χ0n) is 9.75. The van der Waals surface area contributed by atoms with E-state index in [4.69, 9.17) is 4.52 Å². The maximum atomic E-state index is 12.1. The summed E-state index contributed by atoms with van der Waals surface area (Å²) in [5.74, 6) is 0.140. The predicted octanol–water partition coefficient (Wildman–Crippen LogP) is 4.07. The first-order chi connectivity index (χ1) is 8.49. The molecule has 1 N–H and O–H groups in total. The number of nitrogens with zero attached hydrogens (tertiary/aromatic N) is 1. The third-order valence-electron chi connectivity index (χ3n) is 2.56. The van der Waals surface area contributed by atoms with Gasteiger partial charge in [0, 0.05) is 14.5 Å². The van der Waals surface area contributed by atoms with Gasteiger partial charge in [0.2, 0.25) is 5.88 Å². The lowest BCUT2D eigenvalue weighted by atomic mass is 10.2. The van der Waals surface area contributed by atoms with Gasteiger partial charge >= 0.3 is 0 Å². The van der Waals surface area contributed by atoms with Crippen LogP contribution >= 0.6 is 31.9 Å². The van der Waals surface area contributed by atoms with Gasteiger partial charge in [0.15, 0.2) is 0 Å². The Hall–Kier alpha value is -1.14. The van der Waals surface area contributed by atoms with Gasteiger partial charge < -0.3 is 4.52 Å². The molecule has 1 aromatic heterocycles. The van der Waals surface area contributed by atoms with Gasteiger partial charge in [-0.25, -0.2) is 0 Å². The number of benzene rings is 1. The third-order valence-corrected chi connectivity index (χ3v) is 3.71. The van der Waals surface area contributed by atoms with Crippen LogP contribution in [0.15, 0.2) is 31.7 Å². The van der Waals surface area contributed by atoms with Crippen molar-refractivity contribution in [2.24, 2.45) is 0 Å². The van der Waals surface area contributed by atoms with E-state index in [0.717, 1.165) is 15.7 Å². The van der Waals surface area contributed by atoms with Crippen LogP contribution in [0.5, 0.6) is 0 Å². The van der Waals surface area contributed by atoms with Crippen molar-refractivity contribution in [1.29, 1.82) is 0 Å². The molecule has 1 heterocycles. The summed E-state index contributed by atoms with van der Waals surface area (Å²) in [7, 11) is 0. The minimum Gasteiger partial charge on any atom is -0.338 e. The first kappa shape index (κ1) is 13.3. The molecule has 0 radical (unpaired) electrons. The molecule has 1 amide bonds. The van der Waals surface area contributed by atoms with E-state index in [1.165, 1.54) is 0 Å². The molecule has 0 saturated heterocycles. The fraction of sp³-hybridized carbons (Fsp3) is 0.167. The molecule has 0 fully saturated rings. The Labute approximate surface area is 121 Å². The van der Waals surface area contributed by atoms with Crippen LogP contribution in [-0.2, 0) is 0 Å². The van der Waals surface area contributed by atoms with Crippen molar-refractivity contribution in [3.8, 4) is 0 Å². The minimum absolute atomic E-state index is 0.242. The smallest absolute Gasteiger partial charge is 0.259 e. The molecule has 0 bridgehead atoms. The molecule has 2 rings (SSSR count). The number of rotatable bonds is 2. The second-order valence-corrected chi connectivity index (χ2v) is 5.57. The predicted molar refractivity (Wildman–Crippen MR) is 75.8 cm³/mol. The van der Waals surface area contributed by atoms with E-state index in [1.54, 1.807) is 12.1 Å². The van der Waals surface area contributed by atoms with Gasteiger partial charge in [-0.15, -0.1) is 0 Å². The average molecular weight is 374 g/mol. The largest absolute Gasteiger partial charge is 0.338 e. The Morgan fingerprint density at radius 3 is 2.61 bits per heavy atom. The van der Waals surface area contributed by atoms with Crippen molar-refractivity contribution in [3.05, 3.63) is 44.0 Å². The van der Waals surface area contributed by atoms with E-state index in [-0.39, 0.29) is 5.91 Å². The van der Waals surface area contributed by atoms with Gasteiger partial charge in [0.05, 0.1) is 11.3 Å². The van der Waals surface area contributed by atoms with Crippen molar-refractivity contribution < 1.29 is 9.32 Å². The Balaban J connectivity index is 2.25. The second-order valence-electron chi connectivity index (χ2n) is 3.80. The summed E-state index contributed by atoms with van der Waals surface area (Å²) in [6.07, 6.45) is 0. The number of halogens is 2. The van der Waals surface area contributed by atoms with E-state index in [2.05, 4.69) is 42.3 Å². The van der Waals surface area contributed by atoms with Crippen LogP contribution in [0, 0.1) is 13.8 Å². The van der Waals surface area contributed by atoms with Gasteiger partial charge in [-0.05, 0) is 48.0 Å². The highest BCUT2D eigenvalue weighted by Crippen LogP contribution is 2.24. The van der Waals surface area contributed by atoms with Crippen LogP contribution in [0.2, 0.25) is 0 Å². The maximum absolute atomic E-state index is 12.1. The highest BCUT2D eigenvalue weighted by Gasteiger charge is 2.15. The first-order valence-corrected chi connectivity index (χ1v) is 6.77. The molecule has 0 unspecified atom stereocenters. The first-order valence-electron chi connectivity index (χ1n) is 5.18. The Morgan fingerprint density at radius 1 is 1.33 bits per heavy atom. The van der Waals surface area contributed by atoms with Crippen LogP contribution in [0.25, 0.3) is 0 Å². The molecular formula is C12H10Br2N2O2. The molecule has 6 heteroatoms. The van der Waals surface area contributed by atoms with Gasteiger partial charge in [-0.3, -0.25) is 10.1 Å². The molecule has 4 nitrogen and oxygen atoms in total. The van der Waals surface area contributed by atoms with Crippen molar-refractivity contribution in [2.45, 2.75) is 13.8 Å². The number of aromatic nitrogens is 1. The lowest BCUT2D eigenvalue weighted by molar-refractivity contribution is 0.102. The zero-order chi connectivity index (χ0) is 13.3. The standard InChI is InChI=1S/C12H10Br2N2O2/c1-6-7(2)16-18-12(6)15-11(17)9-4-3-8(13)5-10(9)14/h3-5H,1-2H3,(H,15,17). The molecule has 0 aliphatic carbocycles. The summed E-state index contributed by atoms with van der Waals surface area (Å²) >= 11 is 6.68. The Kier molecular flexibility index (Phi) is 3.87. The fourth-order valence-electron chi connectivity index (χ4n) is 1.38. The second kappa shape index (κ2) is 5.24. The maximum Gasteiger partial charge on any atom is 0.259 e. The van der Waals surface area contributed by atoms with Gasteiger partial charge in [-0.2, -0.15) is 0 Å². The number of carbonyl (C=O) groups excluding carboxylic acids is 1. The lowest BCUT2D eigenvalue weighted by Crippen LogP contribution is -2.12. The lowest BCUT2D eigenvalue weighted by Gasteiger charge is -2.05. The molecule has 94 valence electrons. The number of hydrogen-bond donors (Lipinski definition) is 1. The summed E-state index contributed by atoms with van der Waals surface area (Å²) in [5.41, 5.74) is 2.13. The van der Waals surface area contributed by atoms with E-state index >= 15 is 0 Å². The highest BCUT2D eigenvalue weighted by molar-refractivity contribution is 9.11.